The van der Waals surface area contributed by atoms with Crippen molar-refractivity contribution in [2.75, 3.05) is 12.0 Å². The van der Waals surface area contributed by atoms with Crippen molar-refractivity contribution in [1.29, 1.82) is 0 Å². The van der Waals surface area contributed by atoms with Gasteiger partial charge in [-0.05, 0) is 19.1 Å². The number of nitrogens with one attached hydrogen (secondary N) is 1. The number of nitrogens with zero attached hydrogens (tertiary/aromatic N) is 3. The third-order valence-electron chi connectivity index (χ3n) is 2.35. The molecule has 0 aliphatic carbocycles. The van der Waals surface area contributed by atoms with Crippen molar-refractivity contribution in [1.82, 2.24) is 0 Å². The molecule has 1 aromatic carbocycles. The Hall–Kier alpha value is -2.15. The first-order valence-corrected chi connectivity index (χ1v) is 5.22. The second-order valence-electron chi connectivity index (χ2n) is 3.64. The first-order chi connectivity index (χ1) is 8.61. The molecule has 0 amide bonds. The second kappa shape index (κ2) is 5.01. The summed E-state index contributed by atoms with van der Waals surface area (Å²) in [5.74, 6) is -1.85. The summed E-state index contributed by atoms with van der Waals surface area (Å²) in [5, 5.41) is 11.7. The highest BCUT2D eigenvalue weighted by atomic mass is 19.2. The number of hydrogen-bond acceptors (Lipinski definition) is 5. The molecular formula is C11H11F2N5. The zero-order valence-corrected chi connectivity index (χ0v) is 9.61. The highest BCUT2D eigenvalue weighted by molar-refractivity contribution is 6.70. The van der Waals surface area contributed by atoms with E-state index in [1.54, 1.807) is 6.92 Å². The minimum absolute atomic E-state index is 0.207. The Morgan fingerprint density at radius 2 is 2.06 bits per heavy atom. The van der Waals surface area contributed by atoms with Crippen LogP contribution in [0.3, 0.4) is 0 Å². The van der Waals surface area contributed by atoms with E-state index in [9.17, 15) is 8.78 Å². The molecule has 0 saturated carbocycles. The van der Waals surface area contributed by atoms with E-state index >= 15 is 0 Å². The van der Waals surface area contributed by atoms with Gasteiger partial charge in [0.15, 0.2) is 11.6 Å². The van der Waals surface area contributed by atoms with Crippen molar-refractivity contribution >= 4 is 22.8 Å². The molecule has 1 aromatic rings. The predicted octanol–water partition coefficient (Wildman–Crippen LogP) is 1.52. The van der Waals surface area contributed by atoms with Crippen LogP contribution in [0.15, 0.2) is 33.5 Å². The number of hydrogen-bond donors (Lipinski definition) is 2. The van der Waals surface area contributed by atoms with Gasteiger partial charge in [-0.1, -0.05) is 0 Å². The van der Waals surface area contributed by atoms with Gasteiger partial charge in [0.25, 0.3) is 0 Å². The Bertz CT molecular complexity index is 563. The molecule has 0 saturated heterocycles. The minimum atomic E-state index is -0.940. The van der Waals surface area contributed by atoms with Gasteiger partial charge in [-0.2, -0.15) is 15.3 Å². The van der Waals surface area contributed by atoms with Crippen LogP contribution in [-0.4, -0.2) is 23.7 Å². The number of anilines is 1. The summed E-state index contributed by atoms with van der Waals surface area (Å²) in [7, 11) is 0. The van der Waals surface area contributed by atoms with Crippen molar-refractivity contribution < 1.29 is 8.78 Å². The molecule has 3 N–H and O–H groups in total. The molecular weight excluding hydrogens is 240 g/mol. The molecule has 0 bridgehead atoms. The molecule has 0 radical (unpaired) electrons. The Balaban J connectivity index is 2.17. The molecule has 0 aromatic heterocycles. The zero-order valence-electron chi connectivity index (χ0n) is 9.61. The lowest BCUT2D eigenvalue weighted by molar-refractivity contribution is 0.509. The van der Waals surface area contributed by atoms with E-state index in [1.165, 1.54) is 6.07 Å². The molecule has 1 aliphatic heterocycles. The smallest absolute Gasteiger partial charge is 0.160 e. The highest BCUT2D eigenvalue weighted by Gasteiger charge is 2.17. The van der Waals surface area contributed by atoms with Crippen molar-refractivity contribution in [3.8, 4) is 0 Å². The molecule has 18 heavy (non-hydrogen) atoms. The van der Waals surface area contributed by atoms with Crippen LogP contribution < -0.4 is 11.2 Å². The van der Waals surface area contributed by atoms with Crippen LogP contribution in [0.25, 0.3) is 0 Å². The van der Waals surface area contributed by atoms with Gasteiger partial charge in [0, 0.05) is 12.6 Å². The molecule has 5 nitrogen and oxygen atoms in total. The molecule has 0 spiro atoms. The van der Waals surface area contributed by atoms with Gasteiger partial charge < -0.3 is 5.73 Å². The van der Waals surface area contributed by atoms with Crippen molar-refractivity contribution in [2.45, 2.75) is 6.92 Å². The number of halogens is 2. The van der Waals surface area contributed by atoms with E-state index in [1.807, 2.05) is 0 Å². The molecule has 0 unspecified atom stereocenters. The molecule has 94 valence electrons. The maximum atomic E-state index is 13.0. The van der Waals surface area contributed by atoms with Gasteiger partial charge in [-0.3, -0.25) is 5.43 Å². The molecule has 1 heterocycles. The van der Waals surface area contributed by atoms with E-state index in [0.29, 0.717) is 22.8 Å². The molecule has 7 heteroatoms. The molecule has 0 atom stereocenters. The third kappa shape index (κ3) is 2.40. The first kappa shape index (κ1) is 12.3. The van der Waals surface area contributed by atoms with Crippen LogP contribution in [0.1, 0.15) is 6.92 Å². The second-order valence-corrected chi connectivity index (χ2v) is 3.64. The van der Waals surface area contributed by atoms with Gasteiger partial charge in [0.2, 0.25) is 0 Å². The molecule has 1 aliphatic rings. The quantitative estimate of drug-likeness (QED) is 0.799. The standard InChI is InChI=1S/C11H11F2N5/c1-6-11(10(5-14)17-15-6)18-16-7-2-3-8(12)9(13)4-7/h2-4,16H,5,14H2,1H3/b18-11+. The van der Waals surface area contributed by atoms with Crippen LogP contribution in [0.5, 0.6) is 0 Å². The fraction of sp³-hybridized carbons (Fsp3) is 0.182. The SMILES string of the molecule is CC1=NN=C(CN)/C1=N/Nc1ccc(F)c(F)c1. The third-order valence-corrected chi connectivity index (χ3v) is 2.35. The summed E-state index contributed by atoms with van der Waals surface area (Å²) in [6, 6.07) is 3.41. The summed E-state index contributed by atoms with van der Waals surface area (Å²) in [5.41, 5.74) is 10.1. The summed E-state index contributed by atoms with van der Waals surface area (Å²) in [6.07, 6.45) is 0. The average molecular weight is 251 g/mol. The molecule has 2 rings (SSSR count). The Morgan fingerprint density at radius 1 is 1.28 bits per heavy atom. The first-order valence-electron chi connectivity index (χ1n) is 5.22. The maximum absolute atomic E-state index is 13.0. The van der Waals surface area contributed by atoms with Gasteiger partial charge in [0.05, 0.1) is 11.4 Å². The van der Waals surface area contributed by atoms with Crippen LogP contribution >= 0.6 is 0 Å². The van der Waals surface area contributed by atoms with Crippen LogP contribution in [0, 0.1) is 11.6 Å². The van der Waals surface area contributed by atoms with E-state index in [0.717, 1.165) is 12.1 Å². The number of nitrogens with two attached hydrogens (primary N) is 1. The minimum Gasteiger partial charge on any atom is -0.325 e. The van der Waals surface area contributed by atoms with E-state index in [4.69, 9.17) is 5.73 Å². The van der Waals surface area contributed by atoms with Crippen molar-refractivity contribution in [3.05, 3.63) is 29.8 Å². The van der Waals surface area contributed by atoms with Crippen LogP contribution in [-0.2, 0) is 0 Å². The zero-order chi connectivity index (χ0) is 13.1. The lowest BCUT2D eigenvalue weighted by Crippen LogP contribution is -2.26. The molecule has 0 fully saturated rings. The fourth-order valence-electron chi connectivity index (χ4n) is 1.41. The Morgan fingerprint density at radius 3 is 2.72 bits per heavy atom. The van der Waals surface area contributed by atoms with E-state index in [-0.39, 0.29) is 6.54 Å². The van der Waals surface area contributed by atoms with Gasteiger partial charge in [-0.25, -0.2) is 8.78 Å². The summed E-state index contributed by atoms with van der Waals surface area (Å²) in [6.45, 7) is 1.94. The maximum Gasteiger partial charge on any atom is 0.160 e. The fourth-order valence-corrected chi connectivity index (χ4v) is 1.41. The van der Waals surface area contributed by atoms with Crippen molar-refractivity contribution in [2.24, 2.45) is 21.0 Å². The van der Waals surface area contributed by atoms with Crippen LogP contribution in [0.4, 0.5) is 14.5 Å². The summed E-state index contributed by atoms with van der Waals surface area (Å²) < 4.78 is 25.7. The van der Waals surface area contributed by atoms with Crippen molar-refractivity contribution in [3.63, 3.8) is 0 Å². The normalized spacial score (nSPS) is 16.8. The van der Waals surface area contributed by atoms with Crippen LogP contribution in [0.2, 0.25) is 0 Å². The average Bonchev–Trinajstić information content (AvgIpc) is 2.71. The van der Waals surface area contributed by atoms with E-state index in [2.05, 4.69) is 20.7 Å². The monoisotopic (exact) mass is 251 g/mol. The largest absolute Gasteiger partial charge is 0.325 e. The lowest BCUT2D eigenvalue weighted by Gasteiger charge is -2.04. The Labute approximate surface area is 102 Å². The summed E-state index contributed by atoms with van der Waals surface area (Å²) in [4.78, 5) is 0. The number of hydrazone groups is 1. The van der Waals surface area contributed by atoms with Gasteiger partial charge in [0.1, 0.15) is 11.4 Å². The predicted molar refractivity (Wildman–Crippen MR) is 67.0 cm³/mol. The van der Waals surface area contributed by atoms with Gasteiger partial charge in [-0.15, -0.1) is 0 Å². The Kier molecular flexibility index (Phi) is 3.42. The van der Waals surface area contributed by atoms with E-state index < -0.39 is 11.6 Å². The summed E-state index contributed by atoms with van der Waals surface area (Å²) >= 11 is 0. The topological polar surface area (TPSA) is 75.1 Å². The van der Waals surface area contributed by atoms with Gasteiger partial charge >= 0.3 is 0 Å². The highest BCUT2D eigenvalue weighted by Crippen LogP contribution is 2.13. The number of rotatable bonds is 3. The lowest BCUT2D eigenvalue weighted by atomic mass is 10.2. The number of benzene rings is 1.